The predicted molar refractivity (Wildman–Crippen MR) is 83.7 cm³/mol. The van der Waals surface area contributed by atoms with Crippen LogP contribution in [0.3, 0.4) is 0 Å². The molecule has 2 aliphatic rings. The van der Waals surface area contributed by atoms with Crippen molar-refractivity contribution in [2.45, 2.75) is 0 Å². The normalized spacial score (nSPS) is 21.8. The van der Waals surface area contributed by atoms with Gasteiger partial charge in [-0.3, -0.25) is 0 Å². The number of hydrogen-bond acceptors (Lipinski definition) is 8. The molecule has 2 aliphatic heterocycles. The Morgan fingerprint density at radius 3 is 1.43 bits per heavy atom. The number of piperazine rings is 2. The predicted octanol–water partition coefficient (Wildman–Crippen LogP) is -1.04. The maximum Gasteiger partial charge on any atom is 0.232 e. The molecule has 1 aromatic heterocycles. The number of aromatic nitrogens is 3. The van der Waals surface area contributed by atoms with Crippen LogP contribution >= 0.6 is 0 Å². The second-order valence-electron chi connectivity index (χ2n) is 5.87. The fourth-order valence-corrected chi connectivity index (χ4v) is 2.67. The summed E-state index contributed by atoms with van der Waals surface area (Å²) in [5.41, 5.74) is 5.89. The lowest BCUT2D eigenvalue weighted by molar-refractivity contribution is 0.309. The van der Waals surface area contributed by atoms with E-state index in [-0.39, 0.29) is 0 Å². The van der Waals surface area contributed by atoms with Gasteiger partial charge in [-0.15, -0.1) is 0 Å². The molecule has 21 heavy (non-hydrogen) atoms. The van der Waals surface area contributed by atoms with Crippen LogP contribution < -0.4 is 15.5 Å². The van der Waals surface area contributed by atoms with E-state index in [4.69, 9.17) is 5.73 Å². The summed E-state index contributed by atoms with van der Waals surface area (Å²) >= 11 is 0. The molecule has 0 radical (unpaired) electrons. The number of anilines is 3. The highest BCUT2D eigenvalue weighted by molar-refractivity contribution is 5.44. The number of nitrogen functional groups attached to an aromatic ring is 1. The third-order valence-corrected chi connectivity index (χ3v) is 4.20. The summed E-state index contributed by atoms with van der Waals surface area (Å²) in [6.45, 7) is 7.82. The zero-order chi connectivity index (χ0) is 14.8. The summed E-state index contributed by atoms with van der Waals surface area (Å²) in [4.78, 5) is 22.3. The quantitative estimate of drug-likeness (QED) is 0.740. The largest absolute Gasteiger partial charge is 0.368 e. The highest BCUT2D eigenvalue weighted by Crippen LogP contribution is 2.17. The van der Waals surface area contributed by atoms with Gasteiger partial charge in [0.2, 0.25) is 17.8 Å². The van der Waals surface area contributed by atoms with Gasteiger partial charge in [-0.2, -0.15) is 15.0 Å². The van der Waals surface area contributed by atoms with Crippen molar-refractivity contribution in [3.8, 4) is 0 Å². The molecule has 2 saturated heterocycles. The molecule has 1 aromatic rings. The smallest absolute Gasteiger partial charge is 0.232 e. The summed E-state index contributed by atoms with van der Waals surface area (Å²) in [7, 11) is 4.27. The highest BCUT2D eigenvalue weighted by Gasteiger charge is 2.21. The maximum absolute atomic E-state index is 5.89. The summed E-state index contributed by atoms with van der Waals surface area (Å²) in [5, 5.41) is 0. The number of rotatable bonds is 2. The van der Waals surface area contributed by atoms with Gasteiger partial charge in [0.15, 0.2) is 0 Å². The lowest BCUT2D eigenvalue weighted by atomic mass is 10.3. The van der Waals surface area contributed by atoms with E-state index in [1.54, 1.807) is 0 Å². The van der Waals surface area contributed by atoms with Crippen molar-refractivity contribution >= 4 is 17.8 Å². The lowest BCUT2D eigenvalue weighted by Crippen LogP contribution is -2.46. The van der Waals surface area contributed by atoms with Gasteiger partial charge in [0, 0.05) is 52.4 Å². The fraction of sp³-hybridized carbons (Fsp3) is 0.769. The van der Waals surface area contributed by atoms with Crippen molar-refractivity contribution in [1.82, 2.24) is 24.8 Å². The molecule has 8 heteroatoms. The molecule has 8 nitrogen and oxygen atoms in total. The minimum Gasteiger partial charge on any atom is -0.368 e. The molecular weight excluding hydrogens is 268 g/mol. The van der Waals surface area contributed by atoms with Crippen molar-refractivity contribution in [2.24, 2.45) is 0 Å². The molecule has 0 atom stereocenters. The molecule has 116 valence electrons. The van der Waals surface area contributed by atoms with E-state index in [1.807, 2.05) is 0 Å². The van der Waals surface area contributed by atoms with E-state index in [1.165, 1.54) is 0 Å². The van der Waals surface area contributed by atoms with E-state index in [9.17, 15) is 0 Å². The maximum atomic E-state index is 5.89. The molecule has 3 rings (SSSR count). The minimum absolute atomic E-state index is 0.313. The molecule has 0 amide bonds. The van der Waals surface area contributed by atoms with Crippen LogP contribution in [0.1, 0.15) is 0 Å². The van der Waals surface area contributed by atoms with Gasteiger partial charge in [-0.25, -0.2) is 0 Å². The first-order valence-corrected chi connectivity index (χ1v) is 7.50. The van der Waals surface area contributed by atoms with E-state index in [0.717, 1.165) is 52.4 Å². The van der Waals surface area contributed by atoms with Gasteiger partial charge in [-0.05, 0) is 14.1 Å². The summed E-state index contributed by atoms with van der Waals surface area (Å²) in [6.07, 6.45) is 0. The minimum atomic E-state index is 0.313. The Bertz CT molecular complexity index is 437. The molecule has 0 aliphatic carbocycles. The third kappa shape index (κ3) is 3.33. The van der Waals surface area contributed by atoms with Crippen molar-refractivity contribution in [3.63, 3.8) is 0 Å². The van der Waals surface area contributed by atoms with Gasteiger partial charge in [0.25, 0.3) is 0 Å². The first kappa shape index (κ1) is 14.3. The molecule has 2 fully saturated rings. The van der Waals surface area contributed by atoms with Gasteiger partial charge in [0.05, 0.1) is 0 Å². The number of nitrogens with two attached hydrogens (primary N) is 1. The third-order valence-electron chi connectivity index (χ3n) is 4.20. The average molecular weight is 292 g/mol. The Kier molecular flexibility index (Phi) is 4.07. The number of likely N-dealkylation sites (N-methyl/N-ethyl adjacent to an activating group) is 2. The zero-order valence-electron chi connectivity index (χ0n) is 12.9. The summed E-state index contributed by atoms with van der Waals surface area (Å²) < 4.78 is 0. The van der Waals surface area contributed by atoms with E-state index in [2.05, 4.69) is 48.6 Å². The van der Waals surface area contributed by atoms with Crippen molar-refractivity contribution < 1.29 is 0 Å². The molecule has 0 saturated carbocycles. The molecule has 0 bridgehead atoms. The fourth-order valence-electron chi connectivity index (χ4n) is 2.67. The first-order valence-electron chi connectivity index (χ1n) is 7.50. The highest BCUT2D eigenvalue weighted by atomic mass is 15.4. The van der Waals surface area contributed by atoms with Gasteiger partial charge >= 0.3 is 0 Å². The Labute approximate surface area is 125 Å². The molecule has 0 aromatic carbocycles. The Morgan fingerprint density at radius 2 is 1.05 bits per heavy atom. The first-order chi connectivity index (χ1) is 10.1. The van der Waals surface area contributed by atoms with Gasteiger partial charge < -0.3 is 25.3 Å². The molecule has 0 spiro atoms. The lowest BCUT2D eigenvalue weighted by Gasteiger charge is -2.34. The molecule has 3 heterocycles. The van der Waals surface area contributed by atoms with Crippen LogP contribution in [-0.4, -0.2) is 91.2 Å². The standard InChI is InChI=1S/C13H24N8/c1-18-3-7-20(8-4-18)12-15-11(14)16-13(17-12)21-9-5-19(2)6-10-21/h3-10H2,1-2H3,(H2,14,15,16,17). The molecule has 2 N–H and O–H groups in total. The second kappa shape index (κ2) is 5.98. The summed E-state index contributed by atoms with van der Waals surface area (Å²) in [5.74, 6) is 1.74. The number of nitrogens with zero attached hydrogens (tertiary/aromatic N) is 7. The van der Waals surface area contributed by atoms with Crippen LogP contribution in [0.2, 0.25) is 0 Å². The molecular formula is C13H24N8. The van der Waals surface area contributed by atoms with Gasteiger partial charge in [-0.1, -0.05) is 0 Å². The Balaban J connectivity index is 1.76. The number of hydrogen-bond donors (Lipinski definition) is 1. The van der Waals surface area contributed by atoms with Crippen molar-refractivity contribution in [3.05, 3.63) is 0 Å². The molecule has 0 unspecified atom stereocenters. The van der Waals surface area contributed by atoms with Crippen LogP contribution in [-0.2, 0) is 0 Å². The van der Waals surface area contributed by atoms with Crippen molar-refractivity contribution in [2.75, 3.05) is 82.0 Å². The summed E-state index contributed by atoms with van der Waals surface area (Å²) in [6, 6.07) is 0. The van der Waals surface area contributed by atoms with E-state index in [0.29, 0.717) is 17.8 Å². The Hall–Kier alpha value is -1.67. The topological polar surface area (TPSA) is 77.7 Å². The van der Waals surface area contributed by atoms with Crippen LogP contribution in [0.5, 0.6) is 0 Å². The van der Waals surface area contributed by atoms with Gasteiger partial charge in [0.1, 0.15) is 0 Å². The average Bonchev–Trinajstić information content (AvgIpc) is 2.48. The SMILES string of the molecule is CN1CCN(c2nc(N)nc(N3CCN(C)CC3)n2)CC1. The van der Waals surface area contributed by atoms with Crippen LogP contribution in [0.25, 0.3) is 0 Å². The van der Waals surface area contributed by atoms with Crippen LogP contribution in [0.15, 0.2) is 0 Å². The van der Waals surface area contributed by atoms with Crippen LogP contribution in [0, 0.1) is 0 Å². The van der Waals surface area contributed by atoms with Crippen LogP contribution in [0.4, 0.5) is 17.8 Å². The second-order valence-corrected chi connectivity index (χ2v) is 5.87. The zero-order valence-corrected chi connectivity index (χ0v) is 12.9. The van der Waals surface area contributed by atoms with E-state index >= 15 is 0 Å². The van der Waals surface area contributed by atoms with E-state index < -0.39 is 0 Å². The monoisotopic (exact) mass is 292 g/mol. The Morgan fingerprint density at radius 1 is 0.667 bits per heavy atom. The van der Waals surface area contributed by atoms with Crippen molar-refractivity contribution in [1.29, 1.82) is 0 Å².